The van der Waals surface area contributed by atoms with Crippen molar-refractivity contribution >= 4 is 5.97 Å². The molecule has 0 saturated carbocycles. The van der Waals surface area contributed by atoms with Gasteiger partial charge in [0.25, 0.3) is 0 Å². The van der Waals surface area contributed by atoms with Crippen LogP contribution in [-0.4, -0.2) is 26.3 Å². The van der Waals surface area contributed by atoms with E-state index in [1.165, 1.54) is 6.08 Å². The Bertz CT molecular complexity index is 183. The highest BCUT2D eigenvalue weighted by Gasteiger charge is 2.01. The maximum Gasteiger partial charge on any atom is 0.330 e. The number of hydrogen-bond acceptors (Lipinski definition) is 3. The molecule has 0 rings (SSSR count). The lowest BCUT2D eigenvalue weighted by atomic mass is 10.1. The summed E-state index contributed by atoms with van der Waals surface area (Å²) in [6, 6.07) is 0. The summed E-state index contributed by atoms with van der Waals surface area (Å²) in [7, 11) is 1.57. The highest BCUT2D eigenvalue weighted by atomic mass is 16.6. The molecule has 0 aromatic heterocycles. The van der Waals surface area contributed by atoms with Crippen LogP contribution < -0.4 is 0 Å². The van der Waals surface area contributed by atoms with Crippen molar-refractivity contribution in [2.45, 2.75) is 20.8 Å². The average Bonchev–Trinajstić information content (AvgIpc) is 2.04. The summed E-state index contributed by atoms with van der Waals surface area (Å²) in [5.74, 6) is 0.0956. The number of carbonyl (C=O) groups is 1. The molecule has 0 saturated heterocycles. The van der Waals surface area contributed by atoms with Gasteiger partial charge in [-0.3, -0.25) is 0 Å². The number of methoxy groups -OCH3 is 1. The van der Waals surface area contributed by atoms with Gasteiger partial charge in [-0.25, -0.2) is 4.79 Å². The van der Waals surface area contributed by atoms with Crippen LogP contribution in [-0.2, 0) is 14.3 Å². The summed E-state index contributed by atoms with van der Waals surface area (Å²) < 4.78 is 9.61. The van der Waals surface area contributed by atoms with Gasteiger partial charge in [-0.2, -0.15) is 0 Å². The maximum absolute atomic E-state index is 11.1. The molecular formula is C10H18O3. The van der Waals surface area contributed by atoms with Gasteiger partial charge in [-0.1, -0.05) is 19.4 Å². The molecule has 0 aromatic carbocycles. The Labute approximate surface area is 79.7 Å². The standard InChI is InChI=1S/C10H18O3/c1-8(2)9(3)7-10(11)13-6-5-12-4/h7-8H,5-6H2,1-4H3/b9-7+. The van der Waals surface area contributed by atoms with Gasteiger partial charge in [0.1, 0.15) is 6.61 Å². The summed E-state index contributed by atoms with van der Waals surface area (Å²) in [6.45, 7) is 6.75. The fraction of sp³-hybridized carbons (Fsp3) is 0.700. The quantitative estimate of drug-likeness (QED) is 0.373. The minimum atomic E-state index is -0.289. The molecule has 0 radical (unpaired) electrons. The van der Waals surface area contributed by atoms with Gasteiger partial charge in [-0.05, 0) is 12.8 Å². The number of carbonyl (C=O) groups excluding carboxylic acids is 1. The predicted octanol–water partition coefficient (Wildman–Crippen LogP) is 1.78. The van der Waals surface area contributed by atoms with Gasteiger partial charge in [-0.15, -0.1) is 0 Å². The van der Waals surface area contributed by atoms with E-state index in [9.17, 15) is 4.79 Å². The van der Waals surface area contributed by atoms with Crippen LogP contribution in [0.25, 0.3) is 0 Å². The minimum Gasteiger partial charge on any atom is -0.460 e. The van der Waals surface area contributed by atoms with Crippen molar-refractivity contribution in [3.8, 4) is 0 Å². The highest BCUT2D eigenvalue weighted by Crippen LogP contribution is 2.07. The molecule has 0 aliphatic carbocycles. The van der Waals surface area contributed by atoms with Crippen LogP contribution in [0.2, 0.25) is 0 Å². The fourth-order valence-corrected chi connectivity index (χ4v) is 0.620. The van der Waals surface area contributed by atoms with Crippen LogP contribution in [0.3, 0.4) is 0 Å². The average molecular weight is 186 g/mol. The number of esters is 1. The second kappa shape index (κ2) is 6.66. The third-order valence-electron chi connectivity index (χ3n) is 1.79. The molecule has 0 atom stereocenters. The first-order chi connectivity index (χ1) is 6.07. The summed E-state index contributed by atoms with van der Waals surface area (Å²) in [5.41, 5.74) is 1.03. The number of hydrogen-bond donors (Lipinski definition) is 0. The molecule has 0 unspecified atom stereocenters. The SMILES string of the molecule is COCCOC(=O)/C=C(\C)C(C)C. The van der Waals surface area contributed by atoms with Crippen LogP contribution in [0.4, 0.5) is 0 Å². The minimum absolute atomic E-state index is 0.289. The number of allylic oxidation sites excluding steroid dienone is 1. The van der Waals surface area contributed by atoms with Crippen molar-refractivity contribution in [2.24, 2.45) is 5.92 Å². The molecule has 0 fully saturated rings. The van der Waals surface area contributed by atoms with Crippen LogP contribution in [0.15, 0.2) is 11.6 Å². The Balaban J connectivity index is 3.79. The van der Waals surface area contributed by atoms with E-state index in [1.807, 2.05) is 20.8 Å². The van der Waals surface area contributed by atoms with E-state index in [4.69, 9.17) is 9.47 Å². The molecule has 0 spiro atoms. The van der Waals surface area contributed by atoms with Gasteiger partial charge in [0.05, 0.1) is 6.61 Å². The lowest BCUT2D eigenvalue weighted by Gasteiger charge is -2.05. The number of rotatable bonds is 5. The Hall–Kier alpha value is -0.830. The maximum atomic E-state index is 11.1. The fourth-order valence-electron chi connectivity index (χ4n) is 0.620. The lowest BCUT2D eigenvalue weighted by molar-refractivity contribution is -0.139. The van der Waals surface area contributed by atoms with Gasteiger partial charge < -0.3 is 9.47 Å². The molecule has 0 bridgehead atoms. The zero-order valence-corrected chi connectivity index (χ0v) is 8.79. The Morgan fingerprint density at radius 3 is 2.46 bits per heavy atom. The van der Waals surface area contributed by atoms with Crippen LogP contribution in [0.1, 0.15) is 20.8 Å². The molecule has 0 N–H and O–H groups in total. The van der Waals surface area contributed by atoms with E-state index < -0.39 is 0 Å². The molecule has 76 valence electrons. The summed E-state index contributed by atoms with van der Waals surface area (Å²) in [6.07, 6.45) is 1.53. The van der Waals surface area contributed by atoms with Gasteiger partial charge in [0.2, 0.25) is 0 Å². The molecular weight excluding hydrogens is 168 g/mol. The van der Waals surface area contributed by atoms with Crippen molar-refractivity contribution in [2.75, 3.05) is 20.3 Å². The molecule has 0 heterocycles. The molecule has 13 heavy (non-hydrogen) atoms. The first kappa shape index (κ1) is 12.2. The van der Waals surface area contributed by atoms with Crippen molar-refractivity contribution in [3.63, 3.8) is 0 Å². The van der Waals surface area contributed by atoms with E-state index in [0.717, 1.165) is 5.57 Å². The molecule has 3 nitrogen and oxygen atoms in total. The monoisotopic (exact) mass is 186 g/mol. The predicted molar refractivity (Wildman–Crippen MR) is 51.4 cm³/mol. The molecule has 0 aliphatic heterocycles. The Kier molecular flexibility index (Phi) is 6.24. The van der Waals surface area contributed by atoms with Crippen molar-refractivity contribution in [1.29, 1.82) is 0 Å². The topological polar surface area (TPSA) is 35.5 Å². The second-order valence-corrected chi connectivity index (χ2v) is 3.20. The summed E-state index contributed by atoms with van der Waals surface area (Å²) in [5, 5.41) is 0. The summed E-state index contributed by atoms with van der Waals surface area (Å²) >= 11 is 0. The zero-order chi connectivity index (χ0) is 10.3. The molecule has 0 amide bonds. The molecule has 0 aliphatic rings. The lowest BCUT2D eigenvalue weighted by Crippen LogP contribution is -2.08. The van der Waals surface area contributed by atoms with Gasteiger partial charge >= 0.3 is 5.97 Å². The largest absolute Gasteiger partial charge is 0.460 e. The van der Waals surface area contributed by atoms with Crippen molar-refractivity contribution < 1.29 is 14.3 Å². The molecule has 3 heteroatoms. The highest BCUT2D eigenvalue weighted by molar-refractivity contribution is 5.82. The van der Waals surface area contributed by atoms with Crippen molar-refractivity contribution in [1.82, 2.24) is 0 Å². The zero-order valence-electron chi connectivity index (χ0n) is 8.79. The first-order valence-electron chi connectivity index (χ1n) is 4.41. The van der Waals surface area contributed by atoms with Crippen molar-refractivity contribution in [3.05, 3.63) is 11.6 Å². The van der Waals surface area contributed by atoms with E-state index >= 15 is 0 Å². The third kappa shape index (κ3) is 6.34. The van der Waals surface area contributed by atoms with E-state index in [2.05, 4.69) is 0 Å². The van der Waals surface area contributed by atoms with Crippen LogP contribution >= 0.6 is 0 Å². The first-order valence-corrected chi connectivity index (χ1v) is 4.41. The van der Waals surface area contributed by atoms with E-state index in [0.29, 0.717) is 19.1 Å². The smallest absolute Gasteiger partial charge is 0.330 e. The Morgan fingerprint density at radius 1 is 1.38 bits per heavy atom. The van der Waals surface area contributed by atoms with E-state index in [-0.39, 0.29) is 5.97 Å². The van der Waals surface area contributed by atoms with Crippen LogP contribution in [0.5, 0.6) is 0 Å². The van der Waals surface area contributed by atoms with E-state index in [1.54, 1.807) is 7.11 Å². The summed E-state index contributed by atoms with van der Waals surface area (Å²) in [4.78, 5) is 11.1. The molecule has 0 aromatic rings. The third-order valence-corrected chi connectivity index (χ3v) is 1.79. The second-order valence-electron chi connectivity index (χ2n) is 3.20. The number of ether oxygens (including phenoxy) is 2. The normalized spacial score (nSPS) is 11.9. The Morgan fingerprint density at radius 2 is 2.00 bits per heavy atom. The van der Waals surface area contributed by atoms with Crippen LogP contribution in [0, 0.1) is 5.92 Å². The van der Waals surface area contributed by atoms with Gasteiger partial charge in [0.15, 0.2) is 0 Å². The van der Waals surface area contributed by atoms with Gasteiger partial charge in [0, 0.05) is 13.2 Å².